The normalized spacial score (nSPS) is 13.8. The molecular weight excluding hydrogens is 304 g/mol. The van der Waals surface area contributed by atoms with Crippen LogP contribution in [0.5, 0.6) is 5.75 Å². The van der Waals surface area contributed by atoms with Gasteiger partial charge in [0.05, 0.1) is 12.3 Å². The number of rotatable bonds is 5. The zero-order valence-corrected chi connectivity index (χ0v) is 14.1. The number of nitrogens with one attached hydrogen (secondary N) is 1. The van der Waals surface area contributed by atoms with Crippen molar-refractivity contribution >= 4 is 17.4 Å². The highest BCUT2D eigenvalue weighted by atomic mass is 16.5. The second-order valence-electron chi connectivity index (χ2n) is 5.74. The summed E-state index contributed by atoms with van der Waals surface area (Å²) >= 11 is 0. The summed E-state index contributed by atoms with van der Waals surface area (Å²) in [7, 11) is 0. The fourth-order valence-corrected chi connectivity index (χ4v) is 2.81. The highest BCUT2D eigenvalue weighted by Crippen LogP contribution is 2.25. The smallest absolute Gasteiger partial charge is 0.274 e. The molecule has 1 aliphatic rings. The predicted molar refractivity (Wildman–Crippen MR) is 93.8 cm³/mol. The van der Waals surface area contributed by atoms with Gasteiger partial charge in [0.2, 0.25) is 0 Å². The average molecular weight is 326 g/mol. The fraction of sp³-hybridized carbons (Fsp3) is 0.389. The molecule has 2 aromatic rings. The fourth-order valence-electron chi connectivity index (χ4n) is 2.81. The Hall–Kier alpha value is -2.63. The number of aryl methyl sites for hydroxylation is 1. The Morgan fingerprint density at radius 2 is 2.00 bits per heavy atom. The molecule has 3 rings (SSSR count). The van der Waals surface area contributed by atoms with E-state index < -0.39 is 0 Å². The van der Waals surface area contributed by atoms with Crippen molar-refractivity contribution in [3.63, 3.8) is 0 Å². The Morgan fingerprint density at radius 1 is 1.25 bits per heavy atom. The second-order valence-corrected chi connectivity index (χ2v) is 5.74. The largest absolute Gasteiger partial charge is 0.492 e. The summed E-state index contributed by atoms with van der Waals surface area (Å²) in [5, 5.41) is 2.88. The van der Waals surface area contributed by atoms with Crippen LogP contribution in [0.2, 0.25) is 0 Å². The van der Waals surface area contributed by atoms with Gasteiger partial charge in [-0.15, -0.1) is 0 Å². The van der Waals surface area contributed by atoms with E-state index in [4.69, 9.17) is 4.74 Å². The summed E-state index contributed by atoms with van der Waals surface area (Å²) in [6.07, 6.45) is 2.32. The third-order valence-corrected chi connectivity index (χ3v) is 3.92. The lowest BCUT2D eigenvalue weighted by atomic mass is 10.2. The van der Waals surface area contributed by atoms with Gasteiger partial charge in [0.1, 0.15) is 23.1 Å². The van der Waals surface area contributed by atoms with Crippen LogP contribution in [0.4, 0.5) is 11.5 Å². The van der Waals surface area contributed by atoms with Gasteiger partial charge in [-0.1, -0.05) is 12.1 Å². The van der Waals surface area contributed by atoms with Crippen LogP contribution in [0.1, 0.15) is 36.1 Å². The molecule has 126 valence electrons. The van der Waals surface area contributed by atoms with Gasteiger partial charge in [0.25, 0.3) is 5.91 Å². The molecule has 1 aliphatic heterocycles. The highest BCUT2D eigenvalue weighted by Gasteiger charge is 2.18. The first kappa shape index (κ1) is 16.2. The number of hydrogen-bond donors (Lipinski definition) is 1. The summed E-state index contributed by atoms with van der Waals surface area (Å²) < 4.78 is 5.55. The van der Waals surface area contributed by atoms with Crippen LogP contribution in [-0.4, -0.2) is 35.6 Å². The van der Waals surface area contributed by atoms with Crippen LogP contribution < -0.4 is 15.0 Å². The van der Waals surface area contributed by atoms with Crippen LogP contribution >= 0.6 is 0 Å². The van der Waals surface area contributed by atoms with E-state index in [9.17, 15) is 4.79 Å². The van der Waals surface area contributed by atoms with Crippen LogP contribution in [0.3, 0.4) is 0 Å². The first-order valence-electron chi connectivity index (χ1n) is 8.31. The van der Waals surface area contributed by atoms with Gasteiger partial charge >= 0.3 is 0 Å². The van der Waals surface area contributed by atoms with Gasteiger partial charge < -0.3 is 15.0 Å². The minimum atomic E-state index is -0.256. The standard InChI is InChI=1S/C18H22N4O2/c1-3-24-16-9-5-4-8-14(16)21-18(23)15-12-17(20-13(2)19-15)22-10-6-7-11-22/h4-5,8-9,12H,3,6-7,10-11H2,1-2H3,(H,21,23). The van der Waals surface area contributed by atoms with Gasteiger partial charge in [-0.2, -0.15) is 0 Å². The molecule has 0 saturated carbocycles. The lowest BCUT2D eigenvalue weighted by Gasteiger charge is -2.17. The van der Waals surface area contributed by atoms with Crippen LogP contribution in [-0.2, 0) is 0 Å². The number of aromatic nitrogens is 2. The van der Waals surface area contributed by atoms with Crippen LogP contribution in [0, 0.1) is 6.92 Å². The summed E-state index contributed by atoms with van der Waals surface area (Å²) in [4.78, 5) is 23.6. The van der Waals surface area contributed by atoms with Gasteiger partial charge in [-0.05, 0) is 38.8 Å². The number of carbonyl (C=O) groups excluding carboxylic acids is 1. The SMILES string of the molecule is CCOc1ccccc1NC(=O)c1cc(N2CCCC2)nc(C)n1. The molecule has 0 atom stereocenters. The Labute approximate surface area is 141 Å². The van der Waals surface area contributed by atoms with E-state index in [0.29, 0.717) is 29.6 Å². The minimum absolute atomic E-state index is 0.256. The molecule has 0 radical (unpaired) electrons. The van der Waals surface area contributed by atoms with E-state index >= 15 is 0 Å². The molecule has 1 aromatic carbocycles. The maximum atomic E-state index is 12.6. The van der Waals surface area contributed by atoms with Crippen molar-refractivity contribution < 1.29 is 9.53 Å². The molecule has 0 aliphatic carbocycles. The van der Waals surface area contributed by atoms with Gasteiger partial charge in [0.15, 0.2) is 0 Å². The molecule has 1 amide bonds. The third-order valence-electron chi connectivity index (χ3n) is 3.92. The van der Waals surface area contributed by atoms with E-state index in [2.05, 4.69) is 20.2 Å². The van der Waals surface area contributed by atoms with Gasteiger partial charge in [-0.25, -0.2) is 9.97 Å². The molecular formula is C18H22N4O2. The molecule has 0 bridgehead atoms. The number of nitrogens with zero attached hydrogens (tertiary/aromatic N) is 3. The number of hydrogen-bond acceptors (Lipinski definition) is 5. The molecule has 1 fully saturated rings. The third kappa shape index (κ3) is 3.64. The summed E-state index contributed by atoms with van der Waals surface area (Å²) in [6.45, 7) is 6.22. The highest BCUT2D eigenvalue weighted by molar-refractivity contribution is 6.04. The first-order valence-corrected chi connectivity index (χ1v) is 8.31. The molecule has 0 spiro atoms. The number of para-hydroxylation sites is 2. The maximum absolute atomic E-state index is 12.6. The molecule has 1 saturated heterocycles. The Morgan fingerprint density at radius 3 is 2.75 bits per heavy atom. The second kappa shape index (κ2) is 7.29. The molecule has 1 N–H and O–H groups in total. The lowest BCUT2D eigenvalue weighted by Crippen LogP contribution is -2.22. The number of amides is 1. The molecule has 2 heterocycles. The number of ether oxygens (including phenoxy) is 1. The van der Waals surface area contributed by atoms with Gasteiger partial charge in [0, 0.05) is 19.2 Å². The van der Waals surface area contributed by atoms with Crippen molar-refractivity contribution in [2.45, 2.75) is 26.7 Å². The van der Waals surface area contributed by atoms with Crippen molar-refractivity contribution in [1.82, 2.24) is 9.97 Å². The molecule has 6 heteroatoms. The maximum Gasteiger partial charge on any atom is 0.274 e. The van der Waals surface area contributed by atoms with E-state index in [-0.39, 0.29) is 5.91 Å². The van der Waals surface area contributed by atoms with Crippen molar-refractivity contribution in [2.24, 2.45) is 0 Å². The van der Waals surface area contributed by atoms with Gasteiger partial charge in [-0.3, -0.25) is 4.79 Å². The molecule has 24 heavy (non-hydrogen) atoms. The van der Waals surface area contributed by atoms with E-state index in [1.165, 1.54) is 0 Å². The van der Waals surface area contributed by atoms with Crippen molar-refractivity contribution in [2.75, 3.05) is 29.9 Å². The topological polar surface area (TPSA) is 67.3 Å². The first-order chi connectivity index (χ1) is 11.7. The Bertz CT molecular complexity index is 727. The van der Waals surface area contributed by atoms with E-state index in [1.807, 2.05) is 38.1 Å². The van der Waals surface area contributed by atoms with Crippen LogP contribution in [0.25, 0.3) is 0 Å². The summed E-state index contributed by atoms with van der Waals surface area (Å²) in [5.74, 6) is 1.82. The van der Waals surface area contributed by atoms with Crippen molar-refractivity contribution in [3.8, 4) is 5.75 Å². The Balaban J connectivity index is 1.82. The van der Waals surface area contributed by atoms with E-state index in [1.54, 1.807) is 6.07 Å². The molecule has 0 unspecified atom stereocenters. The summed E-state index contributed by atoms with van der Waals surface area (Å²) in [6, 6.07) is 9.15. The molecule has 1 aromatic heterocycles. The summed E-state index contributed by atoms with van der Waals surface area (Å²) in [5.41, 5.74) is 1.01. The zero-order valence-electron chi connectivity index (χ0n) is 14.1. The predicted octanol–water partition coefficient (Wildman–Crippen LogP) is 3.04. The average Bonchev–Trinajstić information content (AvgIpc) is 3.11. The lowest BCUT2D eigenvalue weighted by molar-refractivity contribution is 0.102. The Kier molecular flexibility index (Phi) is 4.93. The number of anilines is 2. The minimum Gasteiger partial charge on any atom is -0.492 e. The molecule has 6 nitrogen and oxygen atoms in total. The van der Waals surface area contributed by atoms with E-state index in [0.717, 1.165) is 31.7 Å². The van der Waals surface area contributed by atoms with Crippen molar-refractivity contribution in [3.05, 3.63) is 41.9 Å². The monoisotopic (exact) mass is 326 g/mol. The van der Waals surface area contributed by atoms with Crippen LogP contribution in [0.15, 0.2) is 30.3 Å². The zero-order chi connectivity index (χ0) is 16.9. The quantitative estimate of drug-likeness (QED) is 0.915. The van der Waals surface area contributed by atoms with Crippen molar-refractivity contribution in [1.29, 1.82) is 0 Å². The number of carbonyl (C=O) groups is 1. The number of benzene rings is 1.